The SMILES string of the molecule is CCCCCCCCCCCCCC(=O)OC(=O)CC[C@H](N)C(=O)OC.[NaH]. The molecule has 0 saturated heterocycles. The summed E-state index contributed by atoms with van der Waals surface area (Å²) in [5.41, 5.74) is 5.52. The molecule has 0 amide bonds. The van der Waals surface area contributed by atoms with Gasteiger partial charge in [0, 0.05) is 12.8 Å². The quantitative estimate of drug-likeness (QED) is 0.186. The molecule has 0 unspecified atom stereocenters. The number of hydrogen-bond donors (Lipinski definition) is 1. The molecule has 1 atom stereocenters. The van der Waals surface area contributed by atoms with Gasteiger partial charge in [0.05, 0.1) is 7.11 Å². The summed E-state index contributed by atoms with van der Waals surface area (Å²) in [5.74, 6) is -1.72. The van der Waals surface area contributed by atoms with Crippen molar-refractivity contribution < 1.29 is 23.9 Å². The molecule has 0 rings (SSSR count). The van der Waals surface area contributed by atoms with E-state index >= 15 is 0 Å². The Morgan fingerprint density at radius 2 is 1.22 bits per heavy atom. The minimum atomic E-state index is -0.866. The van der Waals surface area contributed by atoms with E-state index in [1.54, 1.807) is 0 Å². The van der Waals surface area contributed by atoms with Crippen molar-refractivity contribution in [1.29, 1.82) is 0 Å². The van der Waals surface area contributed by atoms with E-state index < -0.39 is 23.9 Å². The molecular weight excluding hydrogens is 357 g/mol. The predicted octanol–water partition coefficient (Wildman–Crippen LogP) is 3.39. The molecule has 0 spiro atoms. The number of esters is 3. The second-order valence-corrected chi connectivity index (χ2v) is 6.80. The van der Waals surface area contributed by atoms with Crippen LogP contribution in [0.5, 0.6) is 0 Å². The number of nitrogens with two attached hydrogens (primary N) is 1. The van der Waals surface area contributed by atoms with Crippen LogP contribution < -0.4 is 5.73 Å². The number of carbonyl (C=O) groups is 3. The molecule has 6 nitrogen and oxygen atoms in total. The summed E-state index contributed by atoms with van der Waals surface area (Å²) in [6, 6.07) is -0.866. The fourth-order valence-electron chi connectivity index (χ4n) is 2.71. The number of carbonyl (C=O) groups excluding carboxylic acids is 3. The summed E-state index contributed by atoms with van der Waals surface area (Å²) in [6.07, 6.45) is 13.5. The van der Waals surface area contributed by atoms with Crippen LogP contribution in [0.25, 0.3) is 0 Å². The van der Waals surface area contributed by atoms with Crippen LogP contribution in [0.1, 0.15) is 96.8 Å². The Morgan fingerprint density at radius 3 is 1.70 bits per heavy atom. The number of ether oxygens (including phenoxy) is 2. The zero-order valence-electron chi connectivity index (χ0n) is 16.6. The van der Waals surface area contributed by atoms with Crippen LogP contribution in [0.2, 0.25) is 0 Å². The third-order valence-electron chi connectivity index (χ3n) is 4.38. The minimum absolute atomic E-state index is 0. The van der Waals surface area contributed by atoms with E-state index in [0.29, 0.717) is 0 Å². The van der Waals surface area contributed by atoms with E-state index in [1.807, 2.05) is 0 Å². The van der Waals surface area contributed by atoms with Gasteiger partial charge in [0.1, 0.15) is 6.04 Å². The predicted molar refractivity (Wildman–Crippen MR) is 109 cm³/mol. The van der Waals surface area contributed by atoms with E-state index in [4.69, 9.17) is 10.5 Å². The van der Waals surface area contributed by atoms with Crippen molar-refractivity contribution in [3.8, 4) is 0 Å². The van der Waals surface area contributed by atoms with Crippen LogP contribution in [-0.4, -0.2) is 60.6 Å². The molecule has 2 N–H and O–H groups in total. The van der Waals surface area contributed by atoms with Crippen LogP contribution in [0.15, 0.2) is 0 Å². The van der Waals surface area contributed by atoms with E-state index in [-0.39, 0.29) is 48.8 Å². The molecule has 0 aliphatic rings. The fourth-order valence-corrected chi connectivity index (χ4v) is 2.71. The van der Waals surface area contributed by atoms with Gasteiger partial charge in [-0.05, 0) is 12.8 Å². The first kappa shape index (κ1) is 28.8. The van der Waals surface area contributed by atoms with Gasteiger partial charge in [-0.15, -0.1) is 0 Å². The second kappa shape index (κ2) is 20.3. The summed E-state index contributed by atoms with van der Waals surface area (Å²) in [5, 5.41) is 0. The maximum absolute atomic E-state index is 11.6. The molecule has 0 aliphatic carbocycles. The molecule has 0 saturated carbocycles. The number of hydrogen-bond acceptors (Lipinski definition) is 6. The zero-order valence-corrected chi connectivity index (χ0v) is 16.6. The van der Waals surface area contributed by atoms with E-state index in [9.17, 15) is 14.4 Å². The van der Waals surface area contributed by atoms with Gasteiger partial charge >= 0.3 is 47.5 Å². The maximum atomic E-state index is 11.6. The van der Waals surface area contributed by atoms with Crippen molar-refractivity contribution in [2.24, 2.45) is 5.73 Å². The molecule has 154 valence electrons. The molecular formula is C20H38NNaO5. The van der Waals surface area contributed by atoms with Crippen LogP contribution in [0.3, 0.4) is 0 Å². The van der Waals surface area contributed by atoms with Crippen LogP contribution in [0, 0.1) is 0 Å². The monoisotopic (exact) mass is 395 g/mol. The van der Waals surface area contributed by atoms with Gasteiger partial charge in [-0.25, -0.2) is 0 Å². The fraction of sp³-hybridized carbons (Fsp3) is 0.850. The van der Waals surface area contributed by atoms with Gasteiger partial charge in [-0.1, -0.05) is 71.1 Å². The van der Waals surface area contributed by atoms with Gasteiger partial charge in [0.2, 0.25) is 0 Å². The van der Waals surface area contributed by atoms with Gasteiger partial charge in [0.25, 0.3) is 0 Å². The summed E-state index contributed by atoms with van der Waals surface area (Å²) in [7, 11) is 1.23. The van der Waals surface area contributed by atoms with E-state index in [2.05, 4.69) is 11.7 Å². The Bertz CT molecular complexity index is 404. The first-order valence-corrected chi connectivity index (χ1v) is 10.1. The van der Waals surface area contributed by atoms with Gasteiger partial charge < -0.3 is 15.2 Å². The van der Waals surface area contributed by atoms with Gasteiger partial charge in [0.15, 0.2) is 0 Å². The van der Waals surface area contributed by atoms with Crippen molar-refractivity contribution in [2.75, 3.05) is 7.11 Å². The average molecular weight is 396 g/mol. The van der Waals surface area contributed by atoms with Gasteiger partial charge in [-0.3, -0.25) is 14.4 Å². The van der Waals surface area contributed by atoms with E-state index in [1.165, 1.54) is 58.5 Å². The van der Waals surface area contributed by atoms with Crippen LogP contribution >= 0.6 is 0 Å². The summed E-state index contributed by atoms with van der Waals surface area (Å²) in [4.78, 5) is 34.2. The van der Waals surface area contributed by atoms with Crippen LogP contribution in [-0.2, 0) is 23.9 Å². The molecule has 0 aromatic carbocycles. The zero-order chi connectivity index (χ0) is 19.6. The molecule has 0 aromatic heterocycles. The number of rotatable bonds is 16. The normalized spacial score (nSPS) is 11.4. The van der Waals surface area contributed by atoms with Crippen molar-refractivity contribution >= 4 is 47.5 Å². The molecule has 0 bridgehead atoms. The Labute approximate surface area is 186 Å². The van der Waals surface area contributed by atoms with Crippen molar-refractivity contribution in [3.05, 3.63) is 0 Å². The molecule has 27 heavy (non-hydrogen) atoms. The Balaban J connectivity index is 0. The third-order valence-corrected chi connectivity index (χ3v) is 4.38. The van der Waals surface area contributed by atoms with Crippen molar-refractivity contribution in [3.63, 3.8) is 0 Å². The average Bonchev–Trinajstić information content (AvgIpc) is 2.63. The molecule has 7 heteroatoms. The third kappa shape index (κ3) is 18.7. The second-order valence-electron chi connectivity index (χ2n) is 6.80. The van der Waals surface area contributed by atoms with Gasteiger partial charge in [-0.2, -0.15) is 0 Å². The Hall–Kier alpha value is -0.430. The molecule has 0 aliphatic heterocycles. The Morgan fingerprint density at radius 1 is 0.778 bits per heavy atom. The summed E-state index contributed by atoms with van der Waals surface area (Å²) in [6.45, 7) is 2.23. The number of methoxy groups -OCH3 is 1. The molecule has 0 heterocycles. The van der Waals surface area contributed by atoms with E-state index in [0.717, 1.165) is 19.3 Å². The summed E-state index contributed by atoms with van der Waals surface area (Å²) < 4.78 is 9.19. The number of unbranched alkanes of at least 4 members (excludes halogenated alkanes) is 10. The molecule has 0 fully saturated rings. The first-order chi connectivity index (χ1) is 12.5. The van der Waals surface area contributed by atoms with Crippen LogP contribution in [0.4, 0.5) is 0 Å². The summed E-state index contributed by atoms with van der Waals surface area (Å²) >= 11 is 0. The van der Waals surface area contributed by atoms with Crippen molar-refractivity contribution in [2.45, 2.75) is 103 Å². The standard InChI is InChI=1S/C20H37NO5.Na.H/c1-3-4-5-6-7-8-9-10-11-12-13-14-18(22)26-19(23)16-15-17(21)20(24)25-2;;/h17H,3-16,21H2,1-2H3;;/t17-;;/m0../s1. The topological polar surface area (TPSA) is 95.7 Å². The van der Waals surface area contributed by atoms with Crippen molar-refractivity contribution in [1.82, 2.24) is 0 Å². The molecule has 0 aromatic rings. The molecule has 0 radical (unpaired) electrons. The first-order valence-electron chi connectivity index (χ1n) is 10.1. The Kier molecular flexibility index (Phi) is 21.6.